The van der Waals surface area contributed by atoms with Crippen LogP contribution in [0.25, 0.3) is 39.5 Å². The van der Waals surface area contributed by atoms with Crippen LogP contribution in [0.4, 0.5) is 11.8 Å². The molecule has 2 aliphatic carbocycles. The fourth-order valence-electron chi connectivity index (χ4n) is 6.11. The Labute approximate surface area is 224 Å². The Morgan fingerprint density at radius 3 is 2.82 bits per heavy atom. The van der Waals surface area contributed by atoms with Gasteiger partial charge in [0.1, 0.15) is 23.4 Å². The number of hydrogen-bond acceptors (Lipinski definition) is 8. The number of aromatic nitrogens is 5. The SMILES string of the molecule is Cc1cccc2c1C(=O)CC(CC1CCC1)C(Cn1nc(-c3ccc4oc(N)nc4c3)c3c(N)ncnc31)=C2. The maximum Gasteiger partial charge on any atom is 0.292 e. The van der Waals surface area contributed by atoms with Gasteiger partial charge in [0.2, 0.25) is 0 Å². The molecule has 3 heterocycles. The summed E-state index contributed by atoms with van der Waals surface area (Å²) in [5, 5.41) is 5.70. The summed E-state index contributed by atoms with van der Waals surface area (Å²) < 4.78 is 7.35. The lowest BCUT2D eigenvalue weighted by molar-refractivity contribution is 0.0957. The van der Waals surface area contributed by atoms with Crippen LogP contribution in [0.15, 0.2) is 52.7 Å². The molecule has 0 bridgehead atoms. The molecule has 5 aromatic rings. The quantitative estimate of drug-likeness (QED) is 0.307. The highest BCUT2D eigenvalue weighted by Gasteiger charge is 2.31. The number of anilines is 2. The standard InChI is InChI=1S/C30H29N7O2/c1-16-4-2-7-18-11-21(20(10-17-5-3-6-17)13-23(38)25(16)18)14-37-29-26(28(31)33-15-34-29)27(36-37)19-8-9-24-22(12-19)35-30(32)39-24/h2,4,7-9,11-12,15,17,20H,3,5-6,10,13-14H2,1H3,(H2,32,35)(H2,31,33,34). The second-order valence-corrected chi connectivity index (χ2v) is 10.8. The molecule has 0 saturated heterocycles. The number of oxazole rings is 1. The third-order valence-corrected chi connectivity index (χ3v) is 8.29. The number of carbonyl (C=O) groups is 1. The molecule has 0 spiro atoms. The second-order valence-electron chi connectivity index (χ2n) is 10.8. The monoisotopic (exact) mass is 519 g/mol. The summed E-state index contributed by atoms with van der Waals surface area (Å²) in [4.78, 5) is 26.6. The fourth-order valence-corrected chi connectivity index (χ4v) is 6.11. The molecule has 1 fully saturated rings. The Hall–Kier alpha value is -4.53. The molecule has 196 valence electrons. The van der Waals surface area contributed by atoms with Crippen LogP contribution in [0.3, 0.4) is 0 Å². The number of nitrogens with two attached hydrogens (primary N) is 2. The first-order chi connectivity index (χ1) is 18.9. The third-order valence-electron chi connectivity index (χ3n) is 8.29. The minimum atomic E-state index is 0.114. The maximum absolute atomic E-state index is 13.5. The Morgan fingerprint density at radius 2 is 2.00 bits per heavy atom. The number of hydrogen-bond donors (Lipinski definition) is 2. The van der Waals surface area contributed by atoms with Crippen LogP contribution in [0, 0.1) is 18.8 Å². The normalized spacial score (nSPS) is 17.7. The molecule has 7 rings (SSSR count). The highest BCUT2D eigenvalue weighted by Crippen LogP contribution is 2.40. The van der Waals surface area contributed by atoms with E-state index in [2.05, 4.69) is 21.0 Å². The molecule has 0 amide bonds. The van der Waals surface area contributed by atoms with E-state index in [1.165, 1.54) is 31.2 Å². The number of aryl methyl sites for hydroxylation is 1. The van der Waals surface area contributed by atoms with Crippen molar-refractivity contribution in [3.8, 4) is 11.3 Å². The van der Waals surface area contributed by atoms with Crippen LogP contribution in [0.1, 0.15) is 53.6 Å². The van der Waals surface area contributed by atoms with Crippen LogP contribution in [-0.4, -0.2) is 30.5 Å². The van der Waals surface area contributed by atoms with Gasteiger partial charge in [-0.25, -0.2) is 14.6 Å². The molecule has 0 aliphatic heterocycles. The molecule has 1 saturated carbocycles. The van der Waals surface area contributed by atoms with Gasteiger partial charge in [0.05, 0.1) is 11.9 Å². The van der Waals surface area contributed by atoms with E-state index in [1.54, 1.807) is 0 Å². The van der Waals surface area contributed by atoms with Gasteiger partial charge < -0.3 is 15.9 Å². The highest BCUT2D eigenvalue weighted by atomic mass is 16.4. The van der Waals surface area contributed by atoms with Crippen molar-refractivity contribution in [2.24, 2.45) is 11.8 Å². The summed E-state index contributed by atoms with van der Waals surface area (Å²) >= 11 is 0. The van der Waals surface area contributed by atoms with Gasteiger partial charge in [-0.2, -0.15) is 10.1 Å². The van der Waals surface area contributed by atoms with Crippen LogP contribution in [-0.2, 0) is 6.54 Å². The number of carbonyl (C=O) groups excluding carboxylic acids is 1. The first-order valence-electron chi connectivity index (χ1n) is 13.4. The molecule has 9 heteroatoms. The van der Waals surface area contributed by atoms with Crippen molar-refractivity contribution < 1.29 is 9.21 Å². The molecule has 1 atom stereocenters. The largest absolute Gasteiger partial charge is 0.424 e. The van der Waals surface area contributed by atoms with E-state index in [-0.39, 0.29) is 17.7 Å². The zero-order chi connectivity index (χ0) is 26.7. The van der Waals surface area contributed by atoms with Gasteiger partial charge in [0.25, 0.3) is 6.01 Å². The van der Waals surface area contributed by atoms with Crippen molar-refractivity contribution >= 4 is 45.8 Å². The minimum Gasteiger partial charge on any atom is -0.424 e. The van der Waals surface area contributed by atoms with E-state index in [1.807, 2.05) is 48.0 Å². The summed E-state index contributed by atoms with van der Waals surface area (Å²) in [5.74, 6) is 1.39. The van der Waals surface area contributed by atoms with Crippen molar-refractivity contribution in [1.29, 1.82) is 0 Å². The Balaban J connectivity index is 1.35. The van der Waals surface area contributed by atoms with Gasteiger partial charge in [-0.15, -0.1) is 0 Å². The molecule has 9 nitrogen and oxygen atoms in total. The average molecular weight is 520 g/mol. The van der Waals surface area contributed by atoms with Gasteiger partial charge in [-0.1, -0.05) is 43.5 Å². The molecular formula is C30H29N7O2. The number of ketones is 1. The van der Waals surface area contributed by atoms with Crippen LogP contribution < -0.4 is 11.5 Å². The first kappa shape index (κ1) is 23.6. The lowest BCUT2D eigenvalue weighted by Crippen LogP contribution is -2.21. The summed E-state index contributed by atoms with van der Waals surface area (Å²) in [6.45, 7) is 2.52. The zero-order valence-corrected chi connectivity index (χ0v) is 21.7. The number of nitrogen functional groups attached to an aromatic ring is 2. The van der Waals surface area contributed by atoms with Gasteiger partial charge >= 0.3 is 0 Å². The van der Waals surface area contributed by atoms with Crippen molar-refractivity contribution in [3.05, 3.63) is 65.0 Å². The number of benzene rings is 2. The molecule has 2 aliphatic rings. The van der Waals surface area contributed by atoms with Gasteiger partial charge in [-0.05, 0) is 60.1 Å². The van der Waals surface area contributed by atoms with E-state index in [4.69, 9.17) is 21.0 Å². The topological polar surface area (TPSA) is 139 Å². The molecular weight excluding hydrogens is 490 g/mol. The van der Waals surface area contributed by atoms with E-state index < -0.39 is 0 Å². The minimum absolute atomic E-state index is 0.114. The zero-order valence-electron chi connectivity index (χ0n) is 21.7. The van der Waals surface area contributed by atoms with Crippen molar-refractivity contribution in [2.45, 2.75) is 45.6 Å². The predicted octanol–water partition coefficient (Wildman–Crippen LogP) is 5.58. The van der Waals surface area contributed by atoms with E-state index in [0.29, 0.717) is 52.5 Å². The molecule has 2 aromatic carbocycles. The van der Waals surface area contributed by atoms with E-state index >= 15 is 0 Å². The van der Waals surface area contributed by atoms with Crippen molar-refractivity contribution in [2.75, 3.05) is 11.5 Å². The fraction of sp³-hybridized carbons (Fsp3) is 0.300. The second kappa shape index (κ2) is 9.04. The first-order valence-corrected chi connectivity index (χ1v) is 13.4. The van der Waals surface area contributed by atoms with Gasteiger partial charge in [0, 0.05) is 17.5 Å². The Bertz CT molecular complexity index is 1790. The Morgan fingerprint density at radius 1 is 1.13 bits per heavy atom. The number of nitrogens with zero attached hydrogens (tertiary/aromatic N) is 5. The summed E-state index contributed by atoms with van der Waals surface area (Å²) in [5.41, 5.74) is 19.6. The van der Waals surface area contributed by atoms with E-state index in [9.17, 15) is 4.79 Å². The number of Topliss-reactive ketones (excluding diaryl/α,β-unsaturated/α-hetero) is 1. The lowest BCUT2D eigenvalue weighted by Gasteiger charge is -2.30. The Kier molecular flexibility index (Phi) is 5.47. The molecule has 1 unspecified atom stereocenters. The molecule has 4 N–H and O–H groups in total. The van der Waals surface area contributed by atoms with Crippen molar-refractivity contribution in [3.63, 3.8) is 0 Å². The highest BCUT2D eigenvalue weighted by molar-refractivity contribution is 6.02. The molecule has 39 heavy (non-hydrogen) atoms. The average Bonchev–Trinajstić information content (AvgIpc) is 3.40. The van der Waals surface area contributed by atoms with Gasteiger partial charge in [-0.3, -0.25) is 4.79 Å². The number of rotatable bonds is 5. The van der Waals surface area contributed by atoms with Crippen LogP contribution in [0.2, 0.25) is 0 Å². The molecule has 3 aromatic heterocycles. The van der Waals surface area contributed by atoms with Crippen LogP contribution >= 0.6 is 0 Å². The van der Waals surface area contributed by atoms with E-state index in [0.717, 1.165) is 28.7 Å². The molecule has 0 radical (unpaired) electrons. The number of allylic oxidation sites excluding steroid dienone is 1. The van der Waals surface area contributed by atoms with Gasteiger partial charge in [0.15, 0.2) is 17.0 Å². The maximum atomic E-state index is 13.5. The third kappa shape index (κ3) is 4.05. The summed E-state index contributed by atoms with van der Waals surface area (Å²) in [7, 11) is 0. The van der Waals surface area contributed by atoms with Crippen LogP contribution in [0.5, 0.6) is 0 Å². The summed E-state index contributed by atoms with van der Waals surface area (Å²) in [6, 6.07) is 11.8. The smallest absolute Gasteiger partial charge is 0.292 e. The van der Waals surface area contributed by atoms with Crippen molar-refractivity contribution in [1.82, 2.24) is 24.7 Å². The number of fused-ring (bicyclic) bond motifs is 3. The predicted molar refractivity (Wildman–Crippen MR) is 151 cm³/mol. The lowest BCUT2D eigenvalue weighted by atomic mass is 9.75. The summed E-state index contributed by atoms with van der Waals surface area (Å²) in [6.07, 6.45) is 8.94.